The van der Waals surface area contributed by atoms with E-state index in [1.165, 1.54) is 11.1 Å². The lowest BCUT2D eigenvalue weighted by Gasteiger charge is -2.05. The molecule has 0 atom stereocenters. The molecule has 0 aliphatic carbocycles. The molecule has 0 saturated carbocycles. The molecule has 1 rings (SSSR count). The number of aryl methyl sites for hydroxylation is 1. The minimum Gasteiger partial charge on any atom is -0.450 e. The molecule has 0 aliphatic rings. The van der Waals surface area contributed by atoms with Crippen molar-refractivity contribution >= 4 is 6.09 Å². The second kappa shape index (κ2) is 6.06. The zero-order valence-electron chi connectivity index (χ0n) is 9.25. The number of nitrogens with one attached hydrogen (secondary N) is 1. The Balaban J connectivity index is 2.26. The summed E-state index contributed by atoms with van der Waals surface area (Å²) in [4.78, 5) is 11.0. The molecule has 0 radical (unpaired) electrons. The summed E-state index contributed by atoms with van der Waals surface area (Å²) in [5.41, 5.74) is 2.47. The Morgan fingerprint density at radius 2 is 2.00 bits per heavy atom. The molecule has 0 fully saturated rings. The second-order valence-electron chi connectivity index (χ2n) is 3.38. The van der Waals surface area contributed by atoms with Crippen molar-refractivity contribution in [2.45, 2.75) is 20.3 Å². The Bertz CT molecular complexity index is 306. The number of carbonyl (C=O) groups is 1. The summed E-state index contributed by atoms with van der Waals surface area (Å²) in [6.07, 6.45) is 0.489. The Labute approximate surface area is 90.4 Å². The predicted molar refractivity (Wildman–Crippen MR) is 59.9 cm³/mol. The van der Waals surface area contributed by atoms with Gasteiger partial charge < -0.3 is 10.1 Å². The number of amides is 1. The molecule has 0 spiro atoms. The monoisotopic (exact) mass is 207 g/mol. The van der Waals surface area contributed by atoms with E-state index in [0.717, 1.165) is 6.42 Å². The van der Waals surface area contributed by atoms with Crippen LogP contribution in [0.1, 0.15) is 18.1 Å². The first kappa shape index (κ1) is 11.6. The number of ether oxygens (including phenoxy) is 1. The van der Waals surface area contributed by atoms with Crippen molar-refractivity contribution in [1.29, 1.82) is 0 Å². The predicted octanol–water partition coefficient (Wildman–Crippen LogP) is 2.28. The van der Waals surface area contributed by atoms with Gasteiger partial charge in [0.25, 0.3) is 0 Å². The van der Waals surface area contributed by atoms with E-state index < -0.39 is 0 Å². The normalized spacial score (nSPS) is 9.73. The van der Waals surface area contributed by atoms with Gasteiger partial charge >= 0.3 is 6.09 Å². The summed E-state index contributed by atoms with van der Waals surface area (Å²) in [5.74, 6) is 0. The average Bonchev–Trinajstić information content (AvgIpc) is 2.21. The van der Waals surface area contributed by atoms with Gasteiger partial charge in [0.2, 0.25) is 0 Å². The highest BCUT2D eigenvalue weighted by Crippen LogP contribution is 2.02. The molecule has 0 aromatic heterocycles. The number of carbonyl (C=O) groups excluding carboxylic acids is 1. The summed E-state index contributed by atoms with van der Waals surface area (Å²) in [7, 11) is 0. The van der Waals surface area contributed by atoms with Crippen LogP contribution in [0.25, 0.3) is 0 Å². The maximum atomic E-state index is 11.0. The van der Waals surface area contributed by atoms with E-state index in [0.29, 0.717) is 13.2 Å². The smallest absolute Gasteiger partial charge is 0.407 e. The third kappa shape index (κ3) is 4.49. The number of hydrogen-bond donors (Lipinski definition) is 1. The molecule has 3 heteroatoms. The lowest BCUT2D eigenvalue weighted by atomic mass is 10.1. The Morgan fingerprint density at radius 1 is 1.33 bits per heavy atom. The Hall–Kier alpha value is -1.51. The highest BCUT2D eigenvalue weighted by Gasteiger charge is 1.98. The van der Waals surface area contributed by atoms with Gasteiger partial charge in [0, 0.05) is 6.54 Å². The summed E-state index contributed by atoms with van der Waals surface area (Å²) < 4.78 is 4.75. The van der Waals surface area contributed by atoms with Crippen molar-refractivity contribution in [2.75, 3.05) is 13.2 Å². The van der Waals surface area contributed by atoms with E-state index in [1.54, 1.807) is 6.92 Å². The first-order valence-corrected chi connectivity index (χ1v) is 5.18. The van der Waals surface area contributed by atoms with Gasteiger partial charge in [-0.2, -0.15) is 0 Å². The SMILES string of the molecule is CCOC(=O)NCCc1ccc(C)cc1. The largest absolute Gasteiger partial charge is 0.450 e. The topological polar surface area (TPSA) is 38.3 Å². The fourth-order valence-electron chi connectivity index (χ4n) is 1.25. The fraction of sp³-hybridized carbons (Fsp3) is 0.417. The highest BCUT2D eigenvalue weighted by atomic mass is 16.5. The molecule has 0 unspecified atom stereocenters. The second-order valence-corrected chi connectivity index (χ2v) is 3.38. The highest BCUT2D eigenvalue weighted by molar-refractivity contribution is 5.67. The lowest BCUT2D eigenvalue weighted by Crippen LogP contribution is -2.26. The Morgan fingerprint density at radius 3 is 2.60 bits per heavy atom. The van der Waals surface area contributed by atoms with Gasteiger partial charge in [0.05, 0.1) is 6.61 Å². The van der Waals surface area contributed by atoms with Crippen LogP contribution in [0.2, 0.25) is 0 Å². The van der Waals surface area contributed by atoms with Gasteiger partial charge in [-0.15, -0.1) is 0 Å². The maximum Gasteiger partial charge on any atom is 0.407 e. The van der Waals surface area contributed by atoms with Crippen molar-refractivity contribution in [1.82, 2.24) is 5.32 Å². The zero-order valence-corrected chi connectivity index (χ0v) is 9.25. The summed E-state index contributed by atoms with van der Waals surface area (Å²) in [6, 6.07) is 8.28. The van der Waals surface area contributed by atoms with E-state index in [-0.39, 0.29) is 6.09 Å². The molecule has 1 aromatic rings. The first-order valence-electron chi connectivity index (χ1n) is 5.18. The molecular formula is C12H17NO2. The minimum absolute atomic E-state index is 0.343. The average molecular weight is 207 g/mol. The fourth-order valence-corrected chi connectivity index (χ4v) is 1.25. The summed E-state index contributed by atoms with van der Waals surface area (Å²) in [5, 5.41) is 2.69. The van der Waals surface area contributed by atoms with E-state index in [2.05, 4.69) is 36.5 Å². The third-order valence-electron chi connectivity index (χ3n) is 2.08. The quantitative estimate of drug-likeness (QED) is 0.822. The molecule has 82 valence electrons. The molecule has 0 saturated heterocycles. The molecule has 1 aromatic carbocycles. The van der Waals surface area contributed by atoms with Crippen molar-refractivity contribution in [2.24, 2.45) is 0 Å². The maximum absolute atomic E-state index is 11.0. The molecule has 1 amide bonds. The van der Waals surface area contributed by atoms with Crippen LogP contribution in [0.3, 0.4) is 0 Å². The summed E-state index contributed by atoms with van der Waals surface area (Å²) >= 11 is 0. The minimum atomic E-state index is -0.343. The van der Waals surface area contributed by atoms with Gasteiger partial charge in [-0.3, -0.25) is 0 Å². The van der Waals surface area contributed by atoms with Gasteiger partial charge in [-0.1, -0.05) is 29.8 Å². The van der Waals surface area contributed by atoms with Crippen molar-refractivity contribution in [3.63, 3.8) is 0 Å². The third-order valence-corrected chi connectivity index (χ3v) is 2.08. The van der Waals surface area contributed by atoms with E-state index in [9.17, 15) is 4.79 Å². The first-order chi connectivity index (χ1) is 7.22. The number of hydrogen-bond acceptors (Lipinski definition) is 2. The van der Waals surface area contributed by atoms with Crippen LogP contribution in [0.5, 0.6) is 0 Å². The Kier molecular flexibility index (Phi) is 4.68. The zero-order chi connectivity index (χ0) is 11.1. The van der Waals surface area contributed by atoms with E-state index >= 15 is 0 Å². The van der Waals surface area contributed by atoms with Crippen LogP contribution >= 0.6 is 0 Å². The van der Waals surface area contributed by atoms with Crippen LogP contribution in [0, 0.1) is 6.92 Å². The molecule has 0 aliphatic heterocycles. The molecule has 0 bridgehead atoms. The van der Waals surface area contributed by atoms with Gasteiger partial charge in [-0.25, -0.2) is 4.79 Å². The molecule has 0 heterocycles. The van der Waals surface area contributed by atoms with Gasteiger partial charge in [0.15, 0.2) is 0 Å². The van der Waals surface area contributed by atoms with Crippen molar-refractivity contribution in [3.05, 3.63) is 35.4 Å². The lowest BCUT2D eigenvalue weighted by molar-refractivity contribution is 0.152. The number of rotatable bonds is 4. The molecule has 15 heavy (non-hydrogen) atoms. The van der Waals surface area contributed by atoms with E-state index in [1.807, 2.05) is 0 Å². The van der Waals surface area contributed by atoms with Crippen molar-refractivity contribution < 1.29 is 9.53 Å². The van der Waals surface area contributed by atoms with Crippen molar-refractivity contribution in [3.8, 4) is 0 Å². The van der Waals surface area contributed by atoms with Crippen LogP contribution in [0.4, 0.5) is 4.79 Å². The van der Waals surface area contributed by atoms with Crippen LogP contribution in [0.15, 0.2) is 24.3 Å². The van der Waals surface area contributed by atoms with E-state index in [4.69, 9.17) is 4.74 Å². The standard InChI is InChI=1S/C12H17NO2/c1-3-15-12(14)13-9-8-11-6-4-10(2)5-7-11/h4-7H,3,8-9H2,1-2H3,(H,13,14). The van der Waals surface area contributed by atoms with Gasteiger partial charge in [-0.05, 0) is 25.8 Å². The molecule has 3 nitrogen and oxygen atoms in total. The van der Waals surface area contributed by atoms with Crippen LogP contribution < -0.4 is 5.32 Å². The van der Waals surface area contributed by atoms with Crippen LogP contribution in [-0.4, -0.2) is 19.2 Å². The molecular weight excluding hydrogens is 190 g/mol. The summed E-state index contributed by atoms with van der Waals surface area (Å²) in [6.45, 7) is 4.87. The number of benzene rings is 1. The molecule has 1 N–H and O–H groups in total. The van der Waals surface area contributed by atoms with Crippen LogP contribution in [-0.2, 0) is 11.2 Å². The number of alkyl carbamates (subject to hydrolysis) is 1. The van der Waals surface area contributed by atoms with Gasteiger partial charge in [0.1, 0.15) is 0 Å².